The van der Waals surface area contributed by atoms with Gasteiger partial charge in [0.1, 0.15) is 0 Å². The van der Waals surface area contributed by atoms with Crippen molar-refractivity contribution in [3.8, 4) is 0 Å². The summed E-state index contributed by atoms with van der Waals surface area (Å²) in [4.78, 5) is 2.52. The van der Waals surface area contributed by atoms with Crippen molar-refractivity contribution in [2.75, 3.05) is 19.6 Å². The number of rotatable bonds is 2. The molecule has 1 aromatic rings. The maximum Gasteiger partial charge on any atom is 0.0234 e. The minimum Gasteiger partial charge on any atom is -0.312 e. The fourth-order valence-corrected chi connectivity index (χ4v) is 2.36. The van der Waals surface area contributed by atoms with Crippen LogP contribution in [0, 0.1) is 3.57 Å². The maximum absolute atomic E-state index is 3.46. The number of hydrogen-bond donors (Lipinski definition) is 1. The highest BCUT2D eigenvalue weighted by atomic mass is 127. The second-order valence-corrected chi connectivity index (χ2v) is 5.46. The SMILES string of the molecule is CC1CN(Cc2ccc(I)cc2)CCN1. The lowest BCUT2D eigenvalue weighted by molar-refractivity contribution is 0.199. The molecule has 1 aliphatic rings. The van der Waals surface area contributed by atoms with E-state index in [-0.39, 0.29) is 0 Å². The molecule has 0 saturated carbocycles. The van der Waals surface area contributed by atoms with Gasteiger partial charge < -0.3 is 5.32 Å². The zero-order chi connectivity index (χ0) is 10.7. The van der Waals surface area contributed by atoms with E-state index in [2.05, 4.69) is 64.0 Å². The van der Waals surface area contributed by atoms with Gasteiger partial charge in [0.2, 0.25) is 0 Å². The summed E-state index contributed by atoms with van der Waals surface area (Å²) in [6.45, 7) is 6.77. The van der Waals surface area contributed by atoms with Gasteiger partial charge in [0.15, 0.2) is 0 Å². The van der Waals surface area contributed by atoms with Gasteiger partial charge in [-0.3, -0.25) is 4.90 Å². The molecule has 0 bridgehead atoms. The highest BCUT2D eigenvalue weighted by molar-refractivity contribution is 14.1. The molecule has 1 unspecified atom stereocenters. The van der Waals surface area contributed by atoms with Crippen LogP contribution in [0.15, 0.2) is 24.3 Å². The Hall–Kier alpha value is -0.130. The molecule has 2 rings (SSSR count). The Morgan fingerprint density at radius 2 is 2.13 bits per heavy atom. The Morgan fingerprint density at radius 1 is 1.40 bits per heavy atom. The van der Waals surface area contributed by atoms with Crippen LogP contribution in [0.5, 0.6) is 0 Å². The lowest BCUT2D eigenvalue weighted by Gasteiger charge is -2.31. The standard InChI is InChI=1S/C12H17IN2/c1-10-8-15(7-6-14-10)9-11-2-4-12(13)5-3-11/h2-5,10,14H,6-9H2,1H3. The van der Waals surface area contributed by atoms with E-state index in [9.17, 15) is 0 Å². The topological polar surface area (TPSA) is 15.3 Å². The molecule has 0 spiro atoms. The van der Waals surface area contributed by atoms with Gasteiger partial charge in [-0.2, -0.15) is 0 Å². The highest BCUT2D eigenvalue weighted by Crippen LogP contribution is 2.10. The molecule has 1 aliphatic heterocycles. The van der Waals surface area contributed by atoms with Crippen LogP contribution < -0.4 is 5.32 Å². The second-order valence-electron chi connectivity index (χ2n) is 4.22. The third kappa shape index (κ3) is 3.43. The normalized spacial score (nSPS) is 22.9. The van der Waals surface area contributed by atoms with Gasteiger partial charge >= 0.3 is 0 Å². The molecular weight excluding hydrogens is 299 g/mol. The summed E-state index contributed by atoms with van der Waals surface area (Å²) < 4.78 is 1.31. The summed E-state index contributed by atoms with van der Waals surface area (Å²) in [5.74, 6) is 0. The number of hydrogen-bond acceptors (Lipinski definition) is 2. The summed E-state index contributed by atoms with van der Waals surface area (Å²) in [5, 5.41) is 3.46. The Bertz CT molecular complexity index is 310. The monoisotopic (exact) mass is 316 g/mol. The van der Waals surface area contributed by atoms with Crippen LogP contribution in [0.1, 0.15) is 12.5 Å². The molecule has 3 heteroatoms. The van der Waals surface area contributed by atoms with E-state index in [0.717, 1.165) is 26.2 Å². The molecule has 0 aliphatic carbocycles. The molecule has 1 heterocycles. The van der Waals surface area contributed by atoms with Crippen LogP contribution in [0.4, 0.5) is 0 Å². The minimum absolute atomic E-state index is 0.627. The first-order chi connectivity index (χ1) is 7.24. The van der Waals surface area contributed by atoms with Gasteiger partial charge in [-0.15, -0.1) is 0 Å². The van der Waals surface area contributed by atoms with Crippen molar-refractivity contribution in [3.05, 3.63) is 33.4 Å². The van der Waals surface area contributed by atoms with Crippen molar-refractivity contribution in [3.63, 3.8) is 0 Å². The van der Waals surface area contributed by atoms with E-state index in [4.69, 9.17) is 0 Å². The Labute approximate surface area is 105 Å². The van der Waals surface area contributed by atoms with Crippen LogP contribution in [-0.4, -0.2) is 30.6 Å². The average molecular weight is 316 g/mol. The average Bonchev–Trinajstić information content (AvgIpc) is 2.22. The van der Waals surface area contributed by atoms with Crippen LogP contribution in [-0.2, 0) is 6.54 Å². The molecular formula is C12H17IN2. The van der Waals surface area contributed by atoms with E-state index in [0.29, 0.717) is 6.04 Å². The fourth-order valence-electron chi connectivity index (χ4n) is 2.00. The fraction of sp³-hybridized carbons (Fsp3) is 0.500. The van der Waals surface area contributed by atoms with Crippen molar-refractivity contribution >= 4 is 22.6 Å². The number of nitrogens with one attached hydrogen (secondary N) is 1. The van der Waals surface area contributed by atoms with E-state index >= 15 is 0 Å². The highest BCUT2D eigenvalue weighted by Gasteiger charge is 2.15. The van der Waals surface area contributed by atoms with Gasteiger partial charge in [-0.25, -0.2) is 0 Å². The maximum atomic E-state index is 3.46. The molecule has 1 aromatic carbocycles. The van der Waals surface area contributed by atoms with E-state index < -0.39 is 0 Å². The van der Waals surface area contributed by atoms with Crippen LogP contribution in [0.25, 0.3) is 0 Å². The zero-order valence-corrected chi connectivity index (χ0v) is 11.2. The molecule has 2 nitrogen and oxygen atoms in total. The first-order valence-corrected chi connectivity index (χ1v) is 6.52. The molecule has 1 N–H and O–H groups in total. The molecule has 0 amide bonds. The van der Waals surface area contributed by atoms with Crippen LogP contribution in [0.3, 0.4) is 0 Å². The third-order valence-electron chi connectivity index (χ3n) is 2.77. The second kappa shape index (κ2) is 5.27. The Kier molecular flexibility index (Phi) is 3.99. The minimum atomic E-state index is 0.627. The van der Waals surface area contributed by atoms with Crippen molar-refractivity contribution < 1.29 is 0 Å². The smallest absolute Gasteiger partial charge is 0.0234 e. The molecule has 1 saturated heterocycles. The molecule has 82 valence electrons. The summed E-state index contributed by atoms with van der Waals surface area (Å²) in [5.41, 5.74) is 1.42. The van der Waals surface area contributed by atoms with Crippen molar-refractivity contribution in [1.29, 1.82) is 0 Å². The van der Waals surface area contributed by atoms with Gasteiger partial charge in [-0.1, -0.05) is 12.1 Å². The summed E-state index contributed by atoms with van der Waals surface area (Å²) in [7, 11) is 0. The van der Waals surface area contributed by atoms with Crippen molar-refractivity contribution in [2.24, 2.45) is 0 Å². The first kappa shape index (κ1) is 11.4. The summed E-state index contributed by atoms with van der Waals surface area (Å²) in [6.07, 6.45) is 0. The van der Waals surface area contributed by atoms with Crippen molar-refractivity contribution in [1.82, 2.24) is 10.2 Å². The van der Waals surface area contributed by atoms with E-state index in [1.807, 2.05) is 0 Å². The summed E-state index contributed by atoms with van der Waals surface area (Å²) >= 11 is 2.35. The lowest BCUT2D eigenvalue weighted by atomic mass is 10.2. The van der Waals surface area contributed by atoms with Crippen molar-refractivity contribution in [2.45, 2.75) is 19.5 Å². The quantitative estimate of drug-likeness (QED) is 0.841. The lowest BCUT2D eigenvalue weighted by Crippen LogP contribution is -2.48. The van der Waals surface area contributed by atoms with E-state index in [1.54, 1.807) is 0 Å². The van der Waals surface area contributed by atoms with Gasteiger partial charge in [-0.05, 0) is 47.2 Å². The predicted molar refractivity (Wildman–Crippen MR) is 71.9 cm³/mol. The van der Waals surface area contributed by atoms with Gasteiger partial charge in [0, 0.05) is 35.8 Å². The summed E-state index contributed by atoms with van der Waals surface area (Å²) in [6, 6.07) is 9.45. The Morgan fingerprint density at radius 3 is 2.80 bits per heavy atom. The molecule has 1 fully saturated rings. The van der Waals surface area contributed by atoms with Gasteiger partial charge in [0.25, 0.3) is 0 Å². The third-order valence-corrected chi connectivity index (χ3v) is 3.49. The van der Waals surface area contributed by atoms with Crippen LogP contribution in [0.2, 0.25) is 0 Å². The number of halogens is 1. The molecule has 1 atom stereocenters. The van der Waals surface area contributed by atoms with Gasteiger partial charge in [0.05, 0.1) is 0 Å². The number of benzene rings is 1. The predicted octanol–water partition coefficient (Wildman–Crippen LogP) is 2.08. The van der Waals surface area contributed by atoms with E-state index in [1.165, 1.54) is 9.13 Å². The first-order valence-electron chi connectivity index (χ1n) is 5.44. The van der Waals surface area contributed by atoms with Crippen LogP contribution >= 0.6 is 22.6 Å². The number of nitrogens with zero attached hydrogens (tertiary/aromatic N) is 1. The molecule has 0 aromatic heterocycles. The zero-order valence-electron chi connectivity index (χ0n) is 9.04. The molecule has 15 heavy (non-hydrogen) atoms. The Balaban J connectivity index is 1.93. The largest absolute Gasteiger partial charge is 0.312 e. The number of piperazine rings is 1. The molecule has 0 radical (unpaired) electrons.